The molecule has 0 atom stereocenters. The maximum absolute atomic E-state index is 12.8. The quantitative estimate of drug-likeness (QED) is 0.730. The molecule has 0 saturated carbocycles. The van der Waals surface area contributed by atoms with Crippen LogP contribution in [-0.2, 0) is 6.54 Å². The molecule has 1 heterocycles. The predicted molar refractivity (Wildman–Crippen MR) is 105 cm³/mol. The Kier molecular flexibility index (Phi) is 5.49. The third kappa shape index (κ3) is 4.18. The number of carbonyl (C=O) groups is 1. The van der Waals surface area contributed by atoms with E-state index in [-0.39, 0.29) is 5.91 Å². The van der Waals surface area contributed by atoms with Crippen LogP contribution in [0.2, 0.25) is 5.02 Å². The third-order valence-electron chi connectivity index (χ3n) is 3.92. The standard InChI is InChI=1S/C20H19ClN4O/c1-14-12-18(19(26)25(2)16-9-4-3-5-10-16)24-20(23-14)22-13-15-8-6-7-11-17(15)21/h3-12H,13H2,1-2H3,(H,22,23,24). The molecule has 0 fully saturated rings. The molecule has 3 aromatic rings. The highest BCUT2D eigenvalue weighted by molar-refractivity contribution is 6.31. The van der Waals surface area contributed by atoms with Gasteiger partial charge in [-0.2, -0.15) is 0 Å². The lowest BCUT2D eigenvalue weighted by atomic mass is 10.2. The van der Waals surface area contributed by atoms with Gasteiger partial charge in [0.1, 0.15) is 5.69 Å². The van der Waals surface area contributed by atoms with Gasteiger partial charge in [0.05, 0.1) is 0 Å². The van der Waals surface area contributed by atoms with Crippen LogP contribution < -0.4 is 10.2 Å². The van der Waals surface area contributed by atoms with Crippen LogP contribution in [0.15, 0.2) is 60.7 Å². The number of rotatable bonds is 5. The maximum atomic E-state index is 12.8. The second kappa shape index (κ2) is 7.97. The number of hydrogen-bond acceptors (Lipinski definition) is 4. The van der Waals surface area contributed by atoms with Gasteiger partial charge in [0.25, 0.3) is 5.91 Å². The molecule has 132 valence electrons. The smallest absolute Gasteiger partial charge is 0.276 e. The van der Waals surface area contributed by atoms with Gasteiger partial charge in [0.2, 0.25) is 5.95 Å². The topological polar surface area (TPSA) is 58.1 Å². The van der Waals surface area contributed by atoms with E-state index in [0.29, 0.717) is 28.9 Å². The van der Waals surface area contributed by atoms with E-state index in [0.717, 1.165) is 11.3 Å². The molecular weight excluding hydrogens is 348 g/mol. The molecule has 0 aliphatic rings. The Hall–Kier alpha value is -2.92. The summed E-state index contributed by atoms with van der Waals surface area (Å²) in [5.41, 5.74) is 2.80. The average molecular weight is 367 g/mol. The Labute approximate surface area is 157 Å². The van der Waals surface area contributed by atoms with Crippen molar-refractivity contribution in [3.8, 4) is 0 Å². The fourth-order valence-corrected chi connectivity index (χ4v) is 2.72. The van der Waals surface area contributed by atoms with Crippen molar-refractivity contribution in [2.45, 2.75) is 13.5 Å². The number of hydrogen-bond donors (Lipinski definition) is 1. The molecule has 0 unspecified atom stereocenters. The summed E-state index contributed by atoms with van der Waals surface area (Å²) in [6, 6.07) is 18.7. The van der Waals surface area contributed by atoms with E-state index in [2.05, 4.69) is 15.3 Å². The summed E-state index contributed by atoms with van der Waals surface area (Å²) in [7, 11) is 1.73. The molecule has 5 nitrogen and oxygen atoms in total. The Morgan fingerprint density at radius 1 is 1.08 bits per heavy atom. The highest BCUT2D eigenvalue weighted by Crippen LogP contribution is 2.17. The van der Waals surface area contributed by atoms with Crippen LogP contribution in [0.4, 0.5) is 11.6 Å². The fraction of sp³-hybridized carbons (Fsp3) is 0.150. The van der Waals surface area contributed by atoms with Crippen molar-refractivity contribution in [2.75, 3.05) is 17.3 Å². The third-order valence-corrected chi connectivity index (χ3v) is 4.28. The van der Waals surface area contributed by atoms with Crippen LogP contribution in [0.25, 0.3) is 0 Å². The predicted octanol–water partition coefficient (Wildman–Crippen LogP) is 4.33. The van der Waals surface area contributed by atoms with E-state index in [1.807, 2.05) is 61.5 Å². The minimum absolute atomic E-state index is 0.192. The van der Waals surface area contributed by atoms with E-state index >= 15 is 0 Å². The zero-order valence-electron chi connectivity index (χ0n) is 14.6. The van der Waals surface area contributed by atoms with Gasteiger partial charge >= 0.3 is 0 Å². The molecule has 0 aliphatic carbocycles. The fourth-order valence-electron chi connectivity index (χ4n) is 2.51. The monoisotopic (exact) mass is 366 g/mol. The number of halogens is 1. The molecule has 0 aliphatic heterocycles. The van der Waals surface area contributed by atoms with Crippen molar-refractivity contribution < 1.29 is 4.79 Å². The van der Waals surface area contributed by atoms with Crippen LogP contribution in [0.1, 0.15) is 21.7 Å². The number of benzene rings is 2. The number of para-hydroxylation sites is 1. The summed E-state index contributed by atoms with van der Waals surface area (Å²) in [4.78, 5) is 23.1. The zero-order valence-corrected chi connectivity index (χ0v) is 15.4. The molecule has 1 N–H and O–H groups in total. The van der Waals surface area contributed by atoms with Crippen molar-refractivity contribution in [1.29, 1.82) is 0 Å². The van der Waals surface area contributed by atoms with Gasteiger partial charge < -0.3 is 10.2 Å². The number of nitrogens with one attached hydrogen (secondary N) is 1. The average Bonchev–Trinajstić information content (AvgIpc) is 2.66. The normalized spacial score (nSPS) is 10.4. The van der Waals surface area contributed by atoms with Gasteiger partial charge in [-0.15, -0.1) is 0 Å². The molecule has 6 heteroatoms. The number of amides is 1. The van der Waals surface area contributed by atoms with Crippen LogP contribution in [-0.4, -0.2) is 22.9 Å². The summed E-state index contributed by atoms with van der Waals surface area (Å²) < 4.78 is 0. The van der Waals surface area contributed by atoms with Gasteiger partial charge in [-0.05, 0) is 36.8 Å². The highest BCUT2D eigenvalue weighted by Gasteiger charge is 2.16. The lowest BCUT2D eigenvalue weighted by Gasteiger charge is -2.17. The number of carbonyl (C=O) groups excluding carboxylic acids is 1. The number of anilines is 2. The first-order chi connectivity index (χ1) is 12.5. The number of nitrogens with zero attached hydrogens (tertiary/aromatic N) is 3. The van der Waals surface area contributed by atoms with Crippen molar-refractivity contribution in [1.82, 2.24) is 9.97 Å². The van der Waals surface area contributed by atoms with E-state index in [9.17, 15) is 4.79 Å². The van der Waals surface area contributed by atoms with E-state index in [1.54, 1.807) is 18.0 Å². The van der Waals surface area contributed by atoms with E-state index < -0.39 is 0 Å². The molecule has 2 aromatic carbocycles. The first-order valence-corrected chi connectivity index (χ1v) is 8.58. The minimum atomic E-state index is -0.192. The number of aryl methyl sites for hydroxylation is 1. The molecular formula is C20H19ClN4O. The van der Waals surface area contributed by atoms with Crippen molar-refractivity contribution in [2.24, 2.45) is 0 Å². The van der Waals surface area contributed by atoms with Crippen LogP contribution in [0.3, 0.4) is 0 Å². The first kappa shape index (κ1) is 17.9. The molecule has 0 bridgehead atoms. The summed E-state index contributed by atoms with van der Waals surface area (Å²) in [6.45, 7) is 2.31. The van der Waals surface area contributed by atoms with Crippen LogP contribution in [0, 0.1) is 6.92 Å². The van der Waals surface area contributed by atoms with Gasteiger partial charge in [-0.3, -0.25) is 4.79 Å². The summed E-state index contributed by atoms with van der Waals surface area (Å²) >= 11 is 6.17. The molecule has 0 saturated heterocycles. The van der Waals surface area contributed by atoms with Crippen molar-refractivity contribution in [3.05, 3.63) is 82.6 Å². The largest absolute Gasteiger partial charge is 0.350 e. The van der Waals surface area contributed by atoms with Crippen molar-refractivity contribution >= 4 is 29.1 Å². The van der Waals surface area contributed by atoms with Crippen molar-refractivity contribution in [3.63, 3.8) is 0 Å². The summed E-state index contributed by atoms with van der Waals surface area (Å²) in [5.74, 6) is 0.206. The molecule has 1 aromatic heterocycles. The molecule has 26 heavy (non-hydrogen) atoms. The van der Waals surface area contributed by atoms with Gasteiger partial charge in [-0.25, -0.2) is 9.97 Å². The number of aromatic nitrogens is 2. The van der Waals surface area contributed by atoms with Crippen LogP contribution in [0.5, 0.6) is 0 Å². The SMILES string of the molecule is Cc1cc(C(=O)N(C)c2ccccc2)nc(NCc2ccccc2Cl)n1. The molecule has 0 spiro atoms. The van der Waals surface area contributed by atoms with Gasteiger partial charge in [0.15, 0.2) is 0 Å². The lowest BCUT2D eigenvalue weighted by Crippen LogP contribution is -2.27. The van der Waals surface area contributed by atoms with E-state index in [4.69, 9.17) is 11.6 Å². The Balaban J connectivity index is 1.79. The highest BCUT2D eigenvalue weighted by atomic mass is 35.5. The summed E-state index contributed by atoms with van der Waals surface area (Å²) in [5, 5.41) is 3.81. The maximum Gasteiger partial charge on any atom is 0.276 e. The second-order valence-electron chi connectivity index (χ2n) is 5.86. The minimum Gasteiger partial charge on any atom is -0.350 e. The van der Waals surface area contributed by atoms with E-state index in [1.165, 1.54) is 0 Å². The Morgan fingerprint density at radius 3 is 2.50 bits per heavy atom. The lowest BCUT2D eigenvalue weighted by molar-refractivity contribution is 0.0988. The summed E-state index contributed by atoms with van der Waals surface area (Å²) in [6.07, 6.45) is 0. The molecule has 3 rings (SSSR count). The second-order valence-corrected chi connectivity index (χ2v) is 6.27. The first-order valence-electron chi connectivity index (χ1n) is 8.20. The van der Waals surface area contributed by atoms with Gasteiger partial charge in [0, 0.05) is 30.0 Å². The Morgan fingerprint density at radius 2 is 1.77 bits per heavy atom. The van der Waals surface area contributed by atoms with Crippen LogP contribution >= 0.6 is 11.6 Å². The zero-order chi connectivity index (χ0) is 18.5. The Bertz CT molecular complexity index is 915. The molecule has 1 amide bonds. The molecule has 0 radical (unpaired) electrons. The van der Waals surface area contributed by atoms with Gasteiger partial charge in [-0.1, -0.05) is 48.0 Å².